The summed E-state index contributed by atoms with van der Waals surface area (Å²) in [5, 5.41) is 3.44. The van der Waals surface area contributed by atoms with E-state index in [0.29, 0.717) is 26.4 Å². The third kappa shape index (κ3) is 3.94. The van der Waals surface area contributed by atoms with Crippen molar-refractivity contribution in [3.63, 3.8) is 0 Å². The van der Waals surface area contributed by atoms with Crippen LogP contribution in [0.15, 0.2) is 89.5 Å². The fourth-order valence-electron chi connectivity index (χ4n) is 3.58. The van der Waals surface area contributed by atoms with E-state index in [4.69, 9.17) is 18.9 Å². The zero-order valence-corrected chi connectivity index (χ0v) is 20.1. The summed E-state index contributed by atoms with van der Waals surface area (Å²) in [6.07, 6.45) is 0. The van der Waals surface area contributed by atoms with Gasteiger partial charge in [0.2, 0.25) is 20.4 Å². The molecule has 6 rings (SSSR count). The van der Waals surface area contributed by atoms with E-state index in [-0.39, 0.29) is 0 Å². The summed E-state index contributed by atoms with van der Waals surface area (Å²) in [6.45, 7) is 2.35. The first-order chi connectivity index (χ1) is 15.9. The van der Waals surface area contributed by atoms with Crippen LogP contribution in [0.5, 0.6) is 0 Å². The van der Waals surface area contributed by atoms with Crippen LogP contribution in [0.4, 0.5) is 0 Å². The molecule has 0 saturated heterocycles. The number of ether oxygens (including phenoxy) is 4. The molecule has 0 atom stereocenters. The second-order valence-electron chi connectivity index (χ2n) is 7.01. The van der Waals surface area contributed by atoms with Crippen molar-refractivity contribution in [2.75, 3.05) is 26.4 Å². The molecule has 0 radical (unpaired) electrons. The Kier molecular flexibility index (Phi) is 5.85. The van der Waals surface area contributed by atoms with Gasteiger partial charge >= 0.3 is 0 Å². The maximum atomic E-state index is 5.89. The molecular formula is C24H18O4S4. The number of thioether (sulfide) groups is 4. The van der Waals surface area contributed by atoms with Gasteiger partial charge in [0.15, 0.2) is 0 Å². The van der Waals surface area contributed by atoms with Gasteiger partial charge < -0.3 is 18.9 Å². The van der Waals surface area contributed by atoms with E-state index in [1.54, 1.807) is 47.0 Å². The monoisotopic (exact) mass is 498 g/mol. The highest BCUT2D eigenvalue weighted by Crippen LogP contribution is 2.60. The van der Waals surface area contributed by atoms with Crippen LogP contribution in [0, 0.1) is 0 Å². The molecule has 4 aliphatic rings. The fraction of sp³-hybridized carbons (Fsp3) is 0.167. The zero-order chi connectivity index (χ0) is 21.3. The standard InChI is InChI=1S/C24H18O4S4/c1-3-7-15(8-4-1)17(23-29-19-20(30-23)26-12-11-25-19)18(16-9-5-2-6-10-16)24-31-21-22(32-24)28-14-13-27-21/h1-10H,11-14H2. The van der Waals surface area contributed by atoms with Gasteiger partial charge in [-0.1, -0.05) is 60.7 Å². The van der Waals surface area contributed by atoms with E-state index in [9.17, 15) is 0 Å². The average molecular weight is 499 g/mol. The Morgan fingerprint density at radius 1 is 0.469 bits per heavy atom. The van der Waals surface area contributed by atoms with Gasteiger partial charge in [-0.2, -0.15) is 0 Å². The van der Waals surface area contributed by atoms with E-state index in [2.05, 4.69) is 48.5 Å². The molecule has 4 aliphatic heterocycles. The maximum Gasteiger partial charge on any atom is 0.208 e. The Morgan fingerprint density at radius 3 is 1.09 bits per heavy atom. The second-order valence-corrected chi connectivity index (χ2v) is 11.5. The molecule has 162 valence electrons. The van der Waals surface area contributed by atoms with Crippen LogP contribution in [-0.2, 0) is 18.9 Å². The molecule has 0 unspecified atom stereocenters. The van der Waals surface area contributed by atoms with Crippen molar-refractivity contribution in [3.05, 3.63) is 101 Å². The molecule has 2 aromatic carbocycles. The number of hydrogen-bond acceptors (Lipinski definition) is 8. The molecule has 0 bridgehead atoms. The van der Waals surface area contributed by atoms with E-state index in [1.807, 2.05) is 12.1 Å². The van der Waals surface area contributed by atoms with Gasteiger partial charge in [-0.15, -0.1) is 0 Å². The minimum Gasteiger partial charge on any atom is -0.480 e. The van der Waals surface area contributed by atoms with Crippen molar-refractivity contribution in [3.8, 4) is 0 Å². The lowest BCUT2D eigenvalue weighted by Crippen LogP contribution is -2.08. The summed E-state index contributed by atoms with van der Waals surface area (Å²) >= 11 is 6.60. The van der Waals surface area contributed by atoms with Crippen LogP contribution in [0.25, 0.3) is 11.1 Å². The van der Waals surface area contributed by atoms with Crippen molar-refractivity contribution in [1.29, 1.82) is 0 Å². The first-order valence-electron chi connectivity index (χ1n) is 10.2. The minimum atomic E-state index is 0.587. The Balaban J connectivity index is 1.53. The Labute approximate surface area is 203 Å². The topological polar surface area (TPSA) is 36.9 Å². The van der Waals surface area contributed by atoms with Crippen molar-refractivity contribution in [1.82, 2.24) is 0 Å². The lowest BCUT2D eigenvalue weighted by molar-refractivity contribution is 0.0949. The molecule has 0 aromatic heterocycles. The van der Waals surface area contributed by atoms with Crippen molar-refractivity contribution in [2.24, 2.45) is 0 Å². The normalized spacial score (nSPS) is 19.5. The SMILES string of the molecule is c1ccc(C(=C2SC3=C(OCCO3)S2)C(=C2SC3=C(OCCO3)S2)c2ccccc2)cc1. The predicted octanol–water partition coefficient (Wildman–Crippen LogP) is 7.03. The maximum absolute atomic E-state index is 5.89. The average Bonchev–Trinajstić information content (AvgIpc) is 3.47. The van der Waals surface area contributed by atoms with Gasteiger partial charge in [0, 0.05) is 11.1 Å². The van der Waals surface area contributed by atoms with Gasteiger partial charge in [0.05, 0.1) is 8.47 Å². The molecule has 0 saturated carbocycles. The molecule has 32 heavy (non-hydrogen) atoms. The third-order valence-electron chi connectivity index (χ3n) is 4.96. The highest BCUT2D eigenvalue weighted by Gasteiger charge is 2.35. The van der Waals surface area contributed by atoms with Gasteiger partial charge in [-0.3, -0.25) is 0 Å². The fourth-order valence-corrected chi connectivity index (χ4v) is 8.42. The van der Waals surface area contributed by atoms with Gasteiger partial charge in [0.1, 0.15) is 26.4 Å². The molecule has 0 amide bonds. The number of rotatable bonds is 3. The third-order valence-corrected chi connectivity index (χ3v) is 9.73. The second kappa shape index (κ2) is 9.09. The van der Waals surface area contributed by atoms with E-state index in [1.165, 1.54) is 11.1 Å². The van der Waals surface area contributed by atoms with Gasteiger partial charge in [-0.25, -0.2) is 0 Å². The summed E-state index contributed by atoms with van der Waals surface area (Å²) in [5.41, 5.74) is 4.65. The van der Waals surface area contributed by atoms with E-state index < -0.39 is 0 Å². The predicted molar refractivity (Wildman–Crippen MR) is 135 cm³/mol. The minimum absolute atomic E-state index is 0.587. The smallest absolute Gasteiger partial charge is 0.208 e. The number of hydrogen-bond donors (Lipinski definition) is 0. The lowest BCUT2D eigenvalue weighted by Gasteiger charge is -2.18. The first kappa shape index (κ1) is 20.6. The Hall–Kier alpha value is -2.00. The Morgan fingerprint density at radius 2 is 0.781 bits per heavy atom. The molecule has 0 fully saturated rings. The summed E-state index contributed by atoms with van der Waals surface area (Å²) in [6, 6.07) is 21.1. The first-order valence-corrected chi connectivity index (χ1v) is 13.4. The molecule has 2 aromatic rings. The quantitative estimate of drug-likeness (QED) is 0.446. The van der Waals surface area contributed by atoms with Crippen molar-refractivity contribution >= 4 is 58.2 Å². The van der Waals surface area contributed by atoms with Crippen molar-refractivity contribution in [2.45, 2.75) is 0 Å². The molecule has 4 heterocycles. The van der Waals surface area contributed by atoms with Gasteiger partial charge in [-0.05, 0) is 58.2 Å². The largest absolute Gasteiger partial charge is 0.480 e. The highest BCUT2D eigenvalue weighted by atomic mass is 32.2. The highest BCUT2D eigenvalue weighted by molar-refractivity contribution is 8.29. The van der Waals surface area contributed by atoms with Crippen LogP contribution >= 0.6 is 47.0 Å². The summed E-state index contributed by atoms with van der Waals surface area (Å²) < 4.78 is 25.9. The zero-order valence-electron chi connectivity index (χ0n) is 16.9. The lowest BCUT2D eigenvalue weighted by atomic mass is 9.95. The molecule has 0 aliphatic carbocycles. The van der Waals surface area contributed by atoms with Crippen LogP contribution in [-0.4, -0.2) is 26.4 Å². The van der Waals surface area contributed by atoms with Crippen LogP contribution in [0.1, 0.15) is 11.1 Å². The molecule has 0 N–H and O–H groups in total. The molecular weight excluding hydrogens is 481 g/mol. The molecule has 4 nitrogen and oxygen atoms in total. The summed E-state index contributed by atoms with van der Waals surface area (Å²) in [7, 11) is 0. The van der Waals surface area contributed by atoms with Crippen LogP contribution in [0.3, 0.4) is 0 Å². The summed E-state index contributed by atoms with van der Waals surface area (Å²) in [4.78, 5) is 0. The van der Waals surface area contributed by atoms with Crippen LogP contribution < -0.4 is 0 Å². The Bertz CT molecular complexity index is 1040. The van der Waals surface area contributed by atoms with Gasteiger partial charge in [0.25, 0.3) is 0 Å². The number of allylic oxidation sites excluding steroid dienone is 2. The molecule has 0 spiro atoms. The van der Waals surface area contributed by atoms with E-state index in [0.717, 1.165) is 40.0 Å². The molecule has 8 heteroatoms. The van der Waals surface area contributed by atoms with Crippen LogP contribution in [0.2, 0.25) is 0 Å². The summed E-state index contributed by atoms with van der Waals surface area (Å²) in [5.74, 6) is 0. The van der Waals surface area contributed by atoms with Crippen molar-refractivity contribution < 1.29 is 18.9 Å². The number of benzene rings is 2. The van der Waals surface area contributed by atoms with E-state index >= 15 is 0 Å².